The highest BCUT2D eigenvalue weighted by Gasteiger charge is 2.10. The van der Waals surface area contributed by atoms with E-state index in [1.165, 1.54) is 0 Å². The van der Waals surface area contributed by atoms with Gasteiger partial charge in [0.25, 0.3) is 0 Å². The molecule has 5 heteroatoms. The molecule has 18 heavy (non-hydrogen) atoms. The Balaban J connectivity index is 2.13. The van der Waals surface area contributed by atoms with Crippen LogP contribution in [0, 0.1) is 0 Å². The van der Waals surface area contributed by atoms with Crippen molar-refractivity contribution in [1.29, 1.82) is 0 Å². The Morgan fingerprint density at radius 3 is 2.89 bits per heavy atom. The van der Waals surface area contributed by atoms with Crippen molar-refractivity contribution in [3.63, 3.8) is 0 Å². The molecule has 0 spiro atoms. The van der Waals surface area contributed by atoms with Crippen LogP contribution < -0.4 is 0 Å². The molecule has 0 saturated heterocycles. The fraction of sp³-hybridized carbons (Fsp3) is 0.308. The number of aromatic nitrogens is 1. The van der Waals surface area contributed by atoms with E-state index in [2.05, 4.69) is 20.9 Å². The molecule has 0 aliphatic rings. The number of aliphatic hydroxyl groups is 1. The molecule has 1 N–H and O–H groups in total. The third kappa shape index (κ3) is 3.19. The fourth-order valence-electron chi connectivity index (χ4n) is 1.65. The number of hydrogen-bond donors (Lipinski definition) is 1. The standard InChI is InChI=1S/C13H15BrN2O2/c1-16(6-7-17)9-13-15-8-12(18-13)10-4-2-3-5-11(10)14/h2-5,8,17H,6-7,9H2,1H3. The van der Waals surface area contributed by atoms with E-state index >= 15 is 0 Å². The molecule has 0 aliphatic carbocycles. The summed E-state index contributed by atoms with van der Waals surface area (Å²) in [4.78, 5) is 6.20. The van der Waals surface area contributed by atoms with Crippen LogP contribution in [0.3, 0.4) is 0 Å². The molecule has 1 heterocycles. The summed E-state index contributed by atoms with van der Waals surface area (Å²) in [5.74, 6) is 1.39. The van der Waals surface area contributed by atoms with Crippen LogP contribution in [-0.4, -0.2) is 35.2 Å². The van der Waals surface area contributed by atoms with Crippen LogP contribution in [-0.2, 0) is 6.54 Å². The molecule has 0 aliphatic heterocycles. The van der Waals surface area contributed by atoms with Gasteiger partial charge in [-0.25, -0.2) is 4.98 Å². The van der Waals surface area contributed by atoms with Crippen LogP contribution in [0.4, 0.5) is 0 Å². The quantitative estimate of drug-likeness (QED) is 0.922. The van der Waals surface area contributed by atoms with E-state index in [4.69, 9.17) is 9.52 Å². The van der Waals surface area contributed by atoms with Gasteiger partial charge in [-0.05, 0) is 13.1 Å². The Bertz CT molecular complexity index is 513. The van der Waals surface area contributed by atoms with Crippen molar-refractivity contribution in [3.05, 3.63) is 40.8 Å². The van der Waals surface area contributed by atoms with Crippen molar-refractivity contribution in [2.75, 3.05) is 20.2 Å². The van der Waals surface area contributed by atoms with Crippen molar-refractivity contribution in [2.24, 2.45) is 0 Å². The van der Waals surface area contributed by atoms with Crippen LogP contribution in [0.25, 0.3) is 11.3 Å². The first-order chi connectivity index (χ1) is 8.70. The number of aliphatic hydroxyl groups excluding tert-OH is 1. The minimum atomic E-state index is 0.133. The summed E-state index contributed by atoms with van der Waals surface area (Å²) in [5.41, 5.74) is 0.987. The molecular formula is C13H15BrN2O2. The maximum absolute atomic E-state index is 8.84. The number of hydrogen-bond acceptors (Lipinski definition) is 4. The molecule has 1 aromatic heterocycles. The van der Waals surface area contributed by atoms with Crippen molar-refractivity contribution in [1.82, 2.24) is 9.88 Å². The van der Waals surface area contributed by atoms with Gasteiger partial charge in [-0.3, -0.25) is 4.90 Å². The highest BCUT2D eigenvalue weighted by Crippen LogP contribution is 2.28. The van der Waals surface area contributed by atoms with Gasteiger partial charge < -0.3 is 9.52 Å². The van der Waals surface area contributed by atoms with E-state index in [0.29, 0.717) is 19.0 Å². The van der Waals surface area contributed by atoms with Crippen molar-refractivity contribution < 1.29 is 9.52 Å². The van der Waals surface area contributed by atoms with E-state index in [1.54, 1.807) is 6.20 Å². The number of likely N-dealkylation sites (N-methyl/N-ethyl adjacent to an activating group) is 1. The van der Waals surface area contributed by atoms with Gasteiger partial charge in [-0.1, -0.05) is 34.1 Å². The molecule has 0 bridgehead atoms. The lowest BCUT2D eigenvalue weighted by Gasteiger charge is -2.11. The zero-order chi connectivity index (χ0) is 13.0. The maximum Gasteiger partial charge on any atom is 0.209 e. The molecular weight excluding hydrogens is 296 g/mol. The highest BCUT2D eigenvalue weighted by molar-refractivity contribution is 9.10. The van der Waals surface area contributed by atoms with Crippen LogP contribution in [0.5, 0.6) is 0 Å². The first-order valence-corrected chi connectivity index (χ1v) is 6.49. The van der Waals surface area contributed by atoms with Crippen LogP contribution in [0.1, 0.15) is 5.89 Å². The summed E-state index contributed by atoms with van der Waals surface area (Å²) in [7, 11) is 1.92. The predicted molar refractivity (Wildman–Crippen MR) is 73.1 cm³/mol. The molecule has 96 valence electrons. The summed E-state index contributed by atoms with van der Waals surface area (Å²) in [6.45, 7) is 1.33. The second-order valence-corrected chi connectivity index (χ2v) is 4.91. The van der Waals surface area contributed by atoms with Crippen molar-refractivity contribution >= 4 is 15.9 Å². The normalized spacial score (nSPS) is 11.1. The molecule has 4 nitrogen and oxygen atoms in total. The summed E-state index contributed by atoms with van der Waals surface area (Å²) in [6.07, 6.45) is 1.72. The third-order valence-electron chi connectivity index (χ3n) is 2.58. The second-order valence-electron chi connectivity index (χ2n) is 4.06. The topological polar surface area (TPSA) is 49.5 Å². The number of halogens is 1. The van der Waals surface area contributed by atoms with Crippen LogP contribution >= 0.6 is 15.9 Å². The monoisotopic (exact) mass is 310 g/mol. The van der Waals surface area contributed by atoms with E-state index in [1.807, 2.05) is 36.2 Å². The van der Waals surface area contributed by atoms with E-state index in [-0.39, 0.29) is 6.61 Å². The average molecular weight is 311 g/mol. The zero-order valence-corrected chi connectivity index (χ0v) is 11.7. The lowest BCUT2D eigenvalue weighted by molar-refractivity contribution is 0.206. The van der Waals surface area contributed by atoms with Gasteiger partial charge in [0.15, 0.2) is 5.76 Å². The Kier molecular flexibility index (Phi) is 4.52. The number of rotatable bonds is 5. The first kappa shape index (κ1) is 13.3. The smallest absolute Gasteiger partial charge is 0.209 e. The average Bonchev–Trinajstić information content (AvgIpc) is 2.78. The van der Waals surface area contributed by atoms with Crippen molar-refractivity contribution in [3.8, 4) is 11.3 Å². The molecule has 1 aromatic carbocycles. The lowest BCUT2D eigenvalue weighted by Crippen LogP contribution is -2.21. The minimum absolute atomic E-state index is 0.133. The van der Waals surface area contributed by atoms with Gasteiger partial charge in [-0.2, -0.15) is 0 Å². The summed E-state index contributed by atoms with van der Waals surface area (Å²) >= 11 is 3.49. The zero-order valence-electron chi connectivity index (χ0n) is 10.1. The van der Waals surface area contributed by atoms with Gasteiger partial charge in [0.2, 0.25) is 5.89 Å². The SMILES string of the molecule is CN(CCO)Cc1ncc(-c2ccccc2Br)o1. The summed E-state index contributed by atoms with van der Waals surface area (Å²) < 4.78 is 6.69. The fourth-order valence-corrected chi connectivity index (χ4v) is 2.13. The van der Waals surface area contributed by atoms with E-state index < -0.39 is 0 Å². The number of oxazole rings is 1. The molecule has 0 saturated carbocycles. The Morgan fingerprint density at radius 2 is 2.17 bits per heavy atom. The van der Waals surface area contributed by atoms with Gasteiger partial charge in [0.1, 0.15) is 0 Å². The van der Waals surface area contributed by atoms with E-state index in [9.17, 15) is 0 Å². The predicted octanol–water partition coefficient (Wildman–Crippen LogP) is 2.53. The second kappa shape index (κ2) is 6.13. The molecule has 0 unspecified atom stereocenters. The largest absolute Gasteiger partial charge is 0.439 e. The molecule has 0 amide bonds. The molecule has 0 radical (unpaired) electrons. The summed E-state index contributed by atoms with van der Waals surface area (Å²) in [5, 5.41) is 8.84. The molecule has 2 aromatic rings. The Hall–Kier alpha value is -1.17. The Morgan fingerprint density at radius 1 is 1.39 bits per heavy atom. The first-order valence-electron chi connectivity index (χ1n) is 5.69. The lowest BCUT2D eigenvalue weighted by atomic mass is 10.2. The van der Waals surface area contributed by atoms with Crippen molar-refractivity contribution in [2.45, 2.75) is 6.54 Å². The van der Waals surface area contributed by atoms with Gasteiger partial charge in [0.05, 0.1) is 19.3 Å². The van der Waals surface area contributed by atoms with Gasteiger partial charge >= 0.3 is 0 Å². The van der Waals surface area contributed by atoms with Gasteiger partial charge in [0, 0.05) is 16.6 Å². The molecule has 2 rings (SSSR count). The minimum Gasteiger partial charge on any atom is -0.439 e. The Labute approximate surface area is 114 Å². The third-order valence-corrected chi connectivity index (χ3v) is 3.27. The number of benzene rings is 1. The van der Waals surface area contributed by atoms with Crippen LogP contribution in [0.15, 0.2) is 39.4 Å². The number of nitrogens with zero attached hydrogens (tertiary/aromatic N) is 2. The highest BCUT2D eigenvalue weighted by atomic mass is 79.9. The molecule has 0 atom stereocenters. The summed E-state index contributed by atoms with van der Waals surface area (Å²) in [6, 6.07) is 7.86. The maximum atomic E-state index is 8.84. The molecule has 0 fully saturated rings. The van der Waals surface area contributed by atoms with E-state index in [0.717, 1.165) is 15.8 Å². The van der Waals surface area contributed by atoms with Crippen LogP contribution in [0.2, 0.25) is 0 Å². The van der Waals surface area contributed by atoms with Gasteiger partial charge in [-0.15, -0.1) is 0 Å².